The Morgan fingerprint density at radius 1 is 1.56 bits per heavy atom. The number of ether oxygens (including phenoxy) is 1. The van der Waals surface area contributed by atoms with E-state index >= 15 is 0 Å². The standard InChI is InChI=1S/C12H13BrN2O3/c1-18-12(17)9-3-5-15(7-9)11(16)8-2-4-14-10(13)6-8/h2,4,6,9H,3,5,7H2,1H3. The van der Waals surface area contributed by atoms with Crippen molar-refractivity contribution in [2.45, 2.75) is 6.42 Å². The molecule has 1 saturated heterocycles. The van der Waals surface area contributed by atoms with Gasteiger partial charge in [-0.05, 0) is 34.5 Å². The Morgan fingerprint density at radius 3 is 3.00 bits per heavy atom. The van der Waals surface area contributed by atoms with Crippen molar-refractivity contribution in [3.63, 3.8) is 0 Å². The summed E-state index contributed by atoms with van der Waals surface area (Å²) in [5, 5.41) is 0. The number of likely N-dealkylation sites (tertiary alicyclic amines) is 1. The van der Waals surface area contributed by atoms with E-state index < -0.39 is 0 Å². The largest absolute Gasteiger partial charge is 0.469 e. The number of nitrogens with zero attached hydrogens (tertiary/aromatic N) is 2. The number of esters is 1. The zero-order valence-corrected chi connectivity index (χ0v) is 11.5. The molecule has 96 valence electrons. The van der Waals surface area contributed by atoms with Gasteiger partial charge >= 0.3 is 5.97 Å². The highest BCUT2D eigenvalue weighted by molar-refractivity contribution is 9.10. The van der Waals surface area contributed by atoms with Crippen molar-refractivity contribution in [2.75, 3.05) is 20.2 Å². The highest BCUT2D eigenvalue weighted by Crippen LogP contribution is 2.20. The summed E-state index contributed by atoms with van der Waals surface area (Å²) >= 11 is 3.23. The second-order valence-electron chi connectivity index (χ2n) is 4.13. The van der Waals surface area contributed by atoms with Gasteiger partial charge in [-0.25, -0.2) is 4.98 Å². The molecular formula is C12H13BrN2O3. The Labute approximate surface area is 113 Å². The second kappa shape index (κ2) is 5.48. The molecule has 0 aromatic carbocycles. The van der Waals surface area contributed by atoms with Gasteiger partial charge in [0.1, 0.15) is 4.60 Å². The molecule has 0 bridgehead atoms. The fourth-order valence-electron chi connectivity index (χ4n) is 2.02. The number of amides is 1. The molecule has 18 heavy (non-hydrogen) atoms. The van der Waals surface area contributed by atoms with Crippen LogP contribution in [0.2, 0.25) is 0 Å². The monoisotopic (exact) mass is 312 g/mol. The molecule has 1 fully saturated rings. The number of pyridine rings is 1. The molecule has 6 heteroatoms. The van der Waals surface area contributed by atoms with E-state index in [1.54, 1.807) is 23.2 Å². The maximum absolute atomic E-state index is 12.2. The predicted molar refractivity (Wildman–Crippen MR) is 68.0 cm³/mol. The van der Waals surface area contributed by atoms with E-state index in [0.29, 0.717) is 29.7 Å². The first-order chi connectivity index (χ1) is 8.61. The van der Waals surface area contributed by atoms with Gasteiger partial charge in [-0.2, -0.15) is 0 Å². The van der Waals surface area contributed by atoms with Crippen LogP contribution in [0.5, 0.6) is 0 Å². The number of aromatic nitrogens is 1. The summed E-state index contributed by atoms with van der Waals surface area (Å²) in [5.41, 5.74) is 0.572. The lowest BCUT2D eigenvalue weighted by Crippen LogP contribution is -2.30. The molecule has 2 heterocycles. The van der Waals surface area contributed by atoms with E-state index in [1.807, 2.05) is 0 Å². The van der Waals surface area contributed by atoms with Gasteiger partial charge in [-0.3, -0.25) is 9.59 Å². The lowest BCUT2D eigenvalue weighted by atomic mass is 10.1. The van der Waals surface area contributed by atoms with Crippen LogP contribution in [0, 0.1) is 5.92 Å². The molecule has 0 spiro atoms. The third-order valence-electron chi connectivity index (χ3n) is 2.98. The highest BCUT2D eigenvalue weighted by Gasteiger charge is 2.32. The summed E-state index contributed by atoms with van der Waals surface area (Å²) in [6.07, 6.45) is 2.23. The quantitative estimate of drug-likeness (QED) is 0.613. The molecule has 1 amide bonds. The van der Waals surface area contributed by atoms with Crippen LogP contribution in [-0.4, -0.2) is 42.0 Å². The van der Waals surface area contributed by atoms with Crippen molar-refractivity contribution in [1.82, 2.24) is 9.88 Å². The number of carbonyl (C=O) groups is 2. The highest BCUT2D eigenvalue weighted by atomic mass is 79.9. The normalized spacial score (nSPS) is 18.8. The number of carbonyl (C=O) groups excluding carboxylic acids is 2. The lowest BCUT2D eigenvalue weighted by Gasteiger charge is -2.16. The van der Waals surface area contributed by atoms with Crippen LogP contribution in [-0.2, 0) is 9.53 Å². The van der Waals surface area contributed by atoms with Crippen molar-refractivity contribution in [3.05, 3.63) is 28.5 Å². The number of hydrogen-bond acceptors (Lipinski definition) is 4. The van der Waals surface area contributed by atoms with Crippen molar-refractivity contribution in [3.8, 4) is 0 Å². The van der Waals surface area contributed by atoms with Gasteiger partial charge in [-0.1, -0.05) is 0 Å². The minimum Gasteiger partial charge on any atom is -0.469 e. The molecule has 1 aromatic heterocycles. The summed E-state index contributed by atoms with van der Waals surface area (Å²) < 4.78 is 5.31. The maximum Gasteiger partial charge on any atom is 0.310 e. The lowest BCUT2D eigenvalue weighted by molar-refractivity contribution is -0.144. The fraction of sp³-hybridized carbons (Fsp3) is 0.417. The van der Waals surface area contributed by atoms with Gasteiger partial charge in [0.2, 0.25) is 0 Å². The number of rotatable bonds is 2. The molecule has 1 aliphatic heterocycles. The van der Waals surface area contributed by atoms with Crippen LogP contribution in [0.4, 0.5) is 0 Å². The average molecular weight is 313 g/mol. The van der Waals surface area contributed by atoms with E-state index in [2.05, 4.69) is 20.9 Å². The third kappa shape index (κ3) is 2.69. The summed E-state index contributed by atoms with van der Waals surface area (Å²) in [6, 6.07) is 3.34. The van der Waals surface area contributed by atoms with Crippen molar-refractivity contribution < 1.29 is 14.3 Å². The molecule has 2 rings (SSSR count). The topological polar surface area (TPSA) is 59.5 Å². The summed E-state index contributed by atoms with van der Waals surface area (Å²) in [7, 11) is 1.37. The van der Waals surface area contributed by atoms with Crippen LogP contribution in [0.3, 0.4) is 0 Å². The number of halogens is 1. The Hall–Kier alpha value is -1.43. The SMILES string of the molecule is COC(=O)C1CCN(C(=O)c2ccnc(Br)c2)C1. The second-order valence-corrected chi connectivity index (χ2v) is 4.94. The molecule has 1 atom stereocenters. The van der Waals surface area contributed by atoms with Gasteiger partial charge in [0.25, 0.3) is 5.91 Å². The van der Waals surface area contributed by atoms with Crippen LogP contribution in [0.1, 0.15) is 16.8 Å². The maximum atomic E-state index is 12.2. The summed E-state index contributed by atoms with van der Waals surface area (Å²) in [6.45, 7) is 1.00. The molecule has 1 aromatic rings. The minimum absolute atomic E-state index is 0.0792. The minimum atomic E-state index is -0.249. The smallest absolute Gasteiger partial charge is 0.310 e. The van der Waals surface area contributed by atoms with Crippen molar-refractivity contribution in [1.29, 1.82) is 0 Å². The molecule has 1 aliphatic rings. The Morgan fingerprint density at radius 2 is 2.33 bits per heavy atom. The average Bonchev–Trinajstić information content (AvgIpc) is 2.86. The fourth-order valence-corrected chi connectivity index (χ4v) is 2.39. The van der Waals surface area contributed by atoms with Gasteiger partial charge in [-0.15, -0.1) is 0 Å². The Balaban J connectivity index is 2.06. The molecule has 1 unspecified atom stereocenters. The van der Waals surface area contributed by atoms with E-state index in [0.717, 1.165) is 0 Å². The first-order valence-corrected chi connectivity index (χ1v) is 6.39. The molecule has 5 nitrogen and oxygen atoms in total. The van der Waals surface area contributed by atoms with Crippen LogP contribution >= 0.6 is 15.9 Å². The summed E-state index contributed by atoms with van der Waals surface area (Å²) in [4.78, 5) is 29.2. The van der Waals surface area contributed by atoms with Gasteiger partial charge in [0.15, 0.2) is 0 Å². The van der Waals surface area contributed by atoms with Crippen LogP contribution in [0.15, 0.2) is 22.9 Å². The molecule has 0 aliphatic carbocycles. The zero-order valence-electron chi connectivity index (χ0n) is 9.93. The third-order valence-corrected chi connectivity index (χ3v) is 3.42. The van der Waals surface area contributed by atoms with Crippen molar-refractivity contribution >= 4 is 27.8 Å². The molecule has 0 N–H and O–H groups in total. The van der Waals surface area contributed by atoms with E-state index in [9.17, 15) is 9.59 Å². The predicted octanol–water partition coefficient (Wildman–Crippen LogP) is 1.48. The van der Waals surface area contributed by atoms with Gasteiger partial charge < -0.3 is 9.64 Å². The number of methoxy groups -OCH3 is 1. The van der Waals surface area contributed by atoms with Gasteiger partial charge in [0.05, 0.1) is 13.0 Å². The van der Waals surface area contributed by atoms with Crippen LogP contribution < -0.4 is 0 Å². The van der Waals surface area contributed by atoms with E-state index in [1.165, 1.54) is 7.11 Å². The van der Waals surface area contributed by atoms with Gasteiger partial charge in [0, 0.05) is 24.8 Å². The van der Waals surface area contributed by atoms with E-state index in [4.69, 9.17) is 4.74 Å². The first kappa shape index (κ1) is 13.0. The molecule has 0 saturated carbocycles. The number of hydrogen-bond donors (Lipinski definition) is 0. The van der Waals surface area contributed by atoms with E-state index in [-0.39, 0.29) is 17.8 Å². The Kier molecular flexibility index (Phi) is 3.96. The first-order valence-electron chi connectivity index (χ1n) is 5.60. The molecule has 0 radical (unpaired) electrons. The molecular weight excluding hydrogens is 300 g/mol. The Bertz CT molecular complexity index is 478. The zero-order chi connectivity index (χ0) is 13.1. The summed E-state index contributed by atoms with van der Waals surface area (Å²) in [5.74, 6) is -0.532. The van der Waals surface area contributed by atoms with Crippen molar-refractivity contribution in [2.24, 2.45) is 5.92 Å². The van der Waals surface area contributed by atoms with Crippen LogP contribution in [0.25, 0.3) is 0 Å².